The van der Waals surface area contributed by atoms with Crippen LogP contribution in [0.1, 0.15) is 20.7 Å². The van der Waals surface area contributed by atoms with Crippen molar-refractivity contribution in [1.29, 1.82) is 0 Å². The average molecular weight is 475 g/mol. The van der Waals surface area contributed by atoms with E-state index in [-0.39, 0.29) is 21.8 Å². The Morgan fingerprint density at radius 3 is 2.22 bits per heavy atom. The number of aromatic carboxylic acids is 1. The molecule has 0 bridgehead atoms. The van der Waals surface area contributed by atoms with Gasteiger partial charge in [-0.3, -0.25) is 9.52 Å². The van der Waals surface area contributed by atoms with Gasteiger partial charge in [-0.1, -0.05) is 48.0 Å². The number of sulfonamides is 1. The van der Waals surface area contributed by atoms with Crippen molar-refractivity contribution in [1.82, 2.24) is 4.90 Å². The number of nitrogens with zero attached hydrogens (tertiary/aromatic N) is 1. The van der Waals surface area contributed by atoms with E-state index in [4.69, 9.17) is 11.6 Å². The number of phenols is 1. The van der Waals surface area contributed by atoms with E-state index in [1.165, 1.54) is 31.1 Å². The molecule has 0 atom stereocenters. The highest BCUT2D eigenvalue weighted by molar-refractivity contribution is 7.92. The number of aromatic hydroxyl groups is 1. The predicted molar refractivity (Wildman–Crippen MR) is 121 cm³/mol. The highest BCUT2D eigenvalue weighted by atomic mass is 35.5. The molecule has 0 saturated heterocycles. The Balaban J connectivity index is 2.12. The summed E-state index contributed by atoms with van der Waals surface area (Å²) in [5, 5.41) is 19.5. The Labute approximate surface area is 189 Å². The number of rotatable bonds is 6. The number of carboxylic acid groups (broad SMARTS) is 1. The smallest absolute Gasteiger partial charge is 0.337 e. The van der Waals surface area contributed by atoms with E-state index in [9.17, 15) is 28.2 Å². The van der Waals surface area contributed by atoms with Crippen LogP contribution in [0.25, 0.3) is 11.1 Å². The first kappa shape index (κ1) is 23.1. The van der Waals surface area contributed by atoms with Gasteiger partial charge in [-0.05, 0) is 35.4 Å². The molecule has 0 fully saturated rings. The summed E-state index contributed by atoms with van der Waals surface area (Å²) in [5.41, 5.74) is 0.759. The molecule has 32 heavy (non-hydrogen) atoms. The van der Waals surface area contributed by atoms with Crippen LogP contribution in [0.2, 0.25) is 5.02 Å². The number of carbonyl (C=O) groups excluding carboxylic acids is 1. The fourth-order valence-electron chi connectivity index (χ4n) is 2.99. The molecule has 1 amide bonds. The molecule has 3 rings (SSSR count). The normalized spacial score (nSPS) is 11.1. The van der Waals surface area contributed by atoms with Crippen LogP contribution in [-0.4, -0.2) is 49.5 Å². The summed E-state index contributed by atoms with van der Waals surface area (Å²) in [5.74, 6) is -2.63. The van der Waals surface area contributed by atoms with Crippen molar-refractivity contribution in [2.45, 2.75) is 4.90 Å². The van der Waals surface area contributed by atoms with E-state index < -0.39 is 32.5 Å². The third-order valence-corrected chi connectivity index (χ3v) is 6.24. The standard InChI is InChI=1S/C22H19ClN2O6S/c1-25(2)21(27)15-10-17(23)20(26)19(12-15)32(30,31)24-18-11-14(8-9-16(18)22(28)29)13-6-4-3-5-7-13/h3-12,24,26H,1-2H3,(H,28,29). The van der Waals surface area contributed by atoms with Gasteiger partial charge in [0, 0.05) is 19.7 Å². The Kier molecular flexibility index (Phi) is 6.42. The first-order valence-corrected chi connectivity index (χ1v) is 11.1. The van der Waals surface area contributed by atoms with Gasteiger partial charge in [0.25, 0.3) is 15.9 Å². The van der Waals surface area contributed by atoms with Crippen molar-refractivity contribution in [2.75, 3.05) is 18.8 Å². The zero-order chi connectivity index (χ0) is 23.6. The molecule has 0 spiro atoms. The average Bonchev–Trinajstić information content (AvgIpc) is 2.74. The molecule has 0 aliphatic carbocycles. The lowest BCUT2D eigenvalue weighted by molar-refractivity contribution is 0.0697. The monoisotopic (exact) mass is 474 g/mol. The minimum atomic E-state index is -4.52. The molecule has 3 N–H and O–H groups in total. The molecule has 3 aromatic carbocycles. The van der Waals surface area contributed by atoms with Gasteiger partial charge in [0.1, 0.15) is 4.90 Å². The molecular formula is C22H19ClN2O6S. The van der Waals surface area contributed by atoms with Gasteiger partial charge < -0.3 is 15.1 Å². The highest BCUT2D eigenvalue weighted by Gasteiger charge is 2.26. The van der Waals surface area contributed by atoms with Crippen LogP contribution >= 0.6 is 11.6 Å². The molecule has 0 aliphatic rings. The Bertz CT molecular complexity index is 1310. The van der Waals surface area contributed by atoms with Crippen LogP contribution < -0.4 is 4.72 Å². The minimum Gasteiger partial charge on any atom is -0.505 e. The number of benzene rings is 3. The van der Waals surface area contributed by atoms with Crippen molar-refractivity contribution < 1.29 is 28.2 Å². The van der Waals surface area contributed by atoms with Gasteiger partial charge >= 0.3 is 5.97 Å². The lowest BCUT2D eigenvalue weighted by Gasteiger charge is -2.16. The third kappa shape index (κ3) is 4.68. The number of nitrogens with one attached hydrogen (secondary N) is 1. The molecule has 0 aliphatic heterocycles. The molecule has 0 radical (unpaired) electrons. The number of phenolic OH excluding ortho intramolecular Hbond substituents is 1. The molecule has 0 aromatic heterocycles. The summed E-state index contributed by atoms with van der Waals surface area (Å²) < 4.78 is 28.4. The number of hydrogen-bond donors (Lipinski definition) is 3. The largest absolute Gasteiger partial charge is 0.505 e. The summed E-state index contributed by atoms with van der Waals surface area (Å²) in [6, 6.07) is 15.3. The molecular weight excluding hydrogens is 456 g/mol. The quantitative estimate of drug-likeness (QED) is 0.497. The van der Waals surface area contributed by atoms with Crippen LogP contribution in [-0.2, 0) is 10.0 Å². The van der Waals surface area contributed by atoms with Crippen LogP contribution in [0.15, 0.2) is 65.6 Å². The Morgan fingerprint density at radius 2 is 1.62 bits per heavy atom. The van der Waals surface area contributed by atoms with E-state index in [0.29, 0.717) is 5.56 Å². The van der Waals surface area contributed by atoms with E-state index in [2.05, 4.69) is 4.72 Å². The number of carboxylic acids is 1. The zero-order valence-electron chi connectivity index (χ0n) is 17.0. The lowest BCUT2D eigenvalue weighted by atomic mass is 10.0. The number of anilines is 1. The number of carbonyl (C=O) groups is 2. The second kappa shape index (κ2) is 8.89. The molecule has 0 saturated carbocycles. The number of amides is 1. The van der Waals surface area contributed by atoms with E-state index >= 15 is 0 Å². The number of halogens is 1. The van der Waals surface area contributed by atoms with Crippen molar-refractivity contribution in [3.63, 3.8) is 0 Å². The SMILES string of the molecule is CN(C)C(=O)c1cc(Cl)c(O)c(S(=O)(=O)Nc2cc(-c3ccccc3)ccc2C(=O)O)c1. The predicted octanol–water partition coefficient (Wildman–Crippen LogP) is 3.91. The first-order valence-electron chi connectivity index (χ1n) is 9.21. The van der Waals surface area contributed by atoms with Gasteiger partial charge in [-0.2, -0.15) is 0 Å². The molecule has 0 heterocycles. The topological polar surface area (TPSA) is 124 Å². The van der Waals surface area contributed by atoms with Gasteiger partial charge in [-0.15, -0.1) is 0 Å². The summed E-state index contributed by atoms with van der Waals surface area (Å²) in [6.45, 7) is 0. The van der Waals surface area contributed by atoms with Crippen molar-refractivity contribution in [3.05, 3.63) is 76.8 Å². The maximum Gasteiger partial charge on any atom is 0.337 e. The summed E-state index contributed by atoms with van der Waals surface area (Å²) in [6.07, 6.45) is 0. The van der Waals surface area contributed by atoms with Crippen molar-refractivity contribution in [2.24, 2.45) is 0 Å². The van der Waals surface area contributed by atoms with Gasteiger partial charge in [0.2, 0.25) is 0 Å². The zero-order valence-corrected chi connectivity index (χ0v) is 18.6. The fourth-order valence-corrected chi connectivity index (χ4v) is 4.48. The van der Waals surface area contributed by atoms with Gasteiger partial charge in [0.05, 0.1) is 16.3 Å². The maximum atomic E-state index is 13.1. The third-order valence-electron chi connectivity index (χ3n) is 4.57. The maximum absolute atomic E-state index is 13.1. The van der Waals surface area contributed by atoms with Crippen molar-refractivity contribution in [3.8, 4) is 16.9 Å². The first-order chi connectivity index (χ1) is 15.0. The Morgan fingerprint density at radius 1 is 0.969 bits per heavy atom. The summed E-state index contributed by atoms with van der Waals surface area (Å²) in [4.78, 5) is 24.5. The summed E-state index contributed by atoms with van der Waals surface area (Å²) in [7, 11) is -1.57. The van der Waals surface area contributed by atoms with Crippen molar-refractivity contribution >= 4 is 39.2 Å². The van der Waals surface area contributed by atoms with Gasteiger partial charge in [0.15, 0.2) is 5.75 Å². The second-order valence-electron chi connectivity index (χ2n) is 7.04. The highest BCUT2D eigenvalue weighted by Crippen LogP contribution is 2.35. The molecule has 8 nitrogen and oxygen atoms in total. The minimum absolute atomic E-state index is 0.0605. The Hall–Kier alpha value is -3.56. The number of hydrogen-bond acceptors (Lipinski definition) is 5. The summed E-state index contributed by atoms with van der Waals surface area (Å²) >= 11 is 5.96. The molecule has 3 aromatic rings. The van der Waals surface area contributed by atoms with E-state index in [1.54, 1.807) is 30.3 Å². The van der Waals surface area contributed by atoms with E-state index in [0.717, 1.165) is 17.7 Å². The van der Waals surface area contributed by atoms with Crippen LogP contribution in [0.3, 0.4) is 0 Å². The van der Waals surface area contributed by atoms with Crippen LogP contribution in [0.5, 0.6) is 5.75 Å². The lowest BCUT2D eigenvalue weighted by Crippen LogP contribution is -2.22. The van der Waals surface area contributed by atoms with Crippen LogP contribution in [0, 0.1) is 0 Å². The molecule has 166 valence electrons. The van der Waals surface area contributed by atoms with E-state index in [1.807, 2.05) is 6.07 Å². The van der Waals surface area contributed by atoms with Gasteiger partial charge in [-0.25, -0.2) is 13.2 Å². The van der Waals surface area contributed by atoms with Crippen LogP contribution in [0.4, 0.5) is 5.69 Å². The molecule has 0 unspecified atom stereocenters. The fraction of sp³-hybridized carbons (Fsp3) is 0.0909. The second-order valence-corrected chi connectivity index (χ2v) is 9.10. The molecule has 10 heteroatoms.